The highest BCUT2D eigenvalue weighted by Crippen LogP contribution is 2.33. The van der Waals surface area contributed by atoms with E-state index in [9.17, 15) is 4.79 Å². The van der Waals surface area contributed by atoms with Crippen LogP contribution in [-0.4, -0.2) is 19.0 Å². The summed E-state index contributed by atoms with van der Waals surface area (Å²) in [7, 11) is 0. The van der Waals surface area contributed by atoms with Gasteiger partial charge in [0.05, 0.1) is 12.0 Å². The molecule has 0 radical (unpaired) electrons. The molecule has 0 aliphatic heterocycles. The van der Waals surface area contributed by atoms with Crippen LogP contribution in [-0.2, 0) is 9.53 Å². The number of carbonyl (C=O) groups is 1. The van der Waals surface area contributed by atoms with E-state index < -0.39 is 0 Å². The number of aldehydes is 1. The lowest BCUT2D eigenvalue weighted by Gasteiger charge is -2.33. The van der Waals surface area contributed by atoms with E-state index in [4.69, 9.17) is 4.74 Å². The van der Waals surface area contributed by atoms with Crippen LogP contribution in [0.5, 0.6) is 0 Å². The maximum atomic E-state index is 11.0. The van der Waals surface area contributed by atoms with Crippen LogP contribution >= 0.6 is 0 Å². The number of hydrogen-bond donors (Lipinski definition) is 0. The van der Waals surface area contributed by atoms with Crippen LogP contribution < -0.4 is 0 Å². The van der Waals surface area contributed by atoms with E-state index >= 15 is 0 Å². The molecular formula is C15H26O2. The van der Waals surface area contributed by atoms with Gasteiger partial charge in [-0.1, -0.05) is 52.2 Å². The van der Waals surface area contributed by atoms with Crippen molar-refractivity contribution in [3.05, 3.63) is 12.2 Å². The third-order valence-electron chi connectivity index (χ3n) is 3.41. The molecule has 0 spiro atoms. The van der Waals surface area contributed by atoms with Crippen molar-refractivity contribution in [1.82, 2.24) is 0 Å². The molecular weight excluding hydrogens is 212 g/mol. The predicted molar refractivity (Wildman–Crippen MR) is 71.0 cm³/mol. The van der Waals surface area contributed by atoms with Crippen molar-refractivity contribution >= 4 is 6.29 Å². The van der Waals surface area contributed by atoms with E-state index in [0.717, 1.165) is 25.7 Å². The SMILES string of the molecule is CCCCCCOC1CC(C)(C)C=CC1C=O. The zero-order valence-corrected chi connectivity index (χ0v) is 11.4. The Bertz CT molecular complexity index is 256. The minimum atomic E-state index is -0.0470. The molecule has 98 valence electrons. The van der Waals surface area contributed by atoms with Gasteiger partial charge in [0.25, 0.3) is 0 Å². The van der Waals surface area contributed by atoms with Crippen LogP contribution in [0.1, 0.15) is 52.9 Å². The van der Waals surface area contributed by atoms with E-state index in [1.165, 1.54) is 19.3 Å². The molecule has 0 N–H and O–H groups in total. The van der Waals surface area contributed by atoms with Crippen molar-refractivity contribution in [3.63, 3.8) is 0 Å². The lowest BCUT2D eigenvalue weighted by molar-refractivity contribution is -0.115. The first-order valence-electron chi connectivity index (χ1n) is 6.85. The van der Waals surface area contributed by atoms with Crippen LogP contribution in [0.4, 0.5) is 0 Å². The third kappa shape index (κ3) is 5.03. The van der Waals surface area contributed by atoms with Crippen molar-refractivity contribution in [2.24, 2.45) is 11.3 Å². The van der Waals surface area contributed by atoms with Gasteiger partial charge in [0.15, 0.2) is 0 Å². The summed E-state index contributed by atoms with van der Waals surface area (Å²) in [5.41, 5.74) is 0.160. The van der Waals surface area contributed by atoms with Crippen molar-refractivity contribution in [2.45, 2.75) is 59.0 Å². The van der Waals surface area contributed by atoms with Gasteiger partial charge in [0.2, 0.25) is 0 Å². The molecule has 2 heteroatoms. The molecule has 1 rings (SSSR count). The minimum absolute atomic E-state index is 0.0470. The topological polar surface area (TPSA) is 26.3 Å². The zero-order valence-electron chi connectivity index (χ0n) is 11.4. The monoisotopic (exact) mass is 238 g/mol. The molecule has 0 aromatic heterocycles. The largest absolute Gasteiger partial charge is 0.377 e. The van der Waals surface area contributed by atoms with Gasteiger partial charge < -0.3 is 9.53 Å². The maximum absolute atomic E-state index is 11.0. The minimum Gasteiger partial charge on any atom is -0.377 e. The standard InChI is InChI=1S/C15H26O2/c1-4-5-6-7-10-17-14-11-15(2,3)9-8-13(14)12-16/h8-9,12-14H,4-7,10-11H2,1-3H3. The summed E-state index contributed by atoms with van der Waals surface area (Å²) < 4.78 is 5.89. The van der Waals surface area contributed by atoms with Gasteiger partial charge in [-0.2, -0.15) is 0 Å². The summed E-state index contributed by atoms with van der Waals surface area (Å²) in [6.45, 7) is 7.38. The summed E-state index contributed by atoms with van der Waals surface area (Å²) in [6.07, 6.45) is 11.1. The molecule has 0 fully saturated rings. The van der Waals surface area contributed by atoms with E-state index in [-0.39, 0.29) is 17.4 Å². The highest BCUT2D eigenvalue weighted by molar-refractivity contribution is 5.58. The Morgan fingerprint density at radius 2 is 2.12 bits per heavy atom. The molecule has 1 aliphatic carbocycles. The Kier molecular flexibility index (Phi) is 5.90. The summed E-state index contributed by atoms with van der Waals surface area (Å²) in [4.78, 5) is 11.0. The molecule has 0 saturated heterocycles. The van der Waals surface area contributed by atoms with Gasteiger partial charge in [0.1, 0.15) is 6.29 Å². The van der Waals surface area contributed by atoms with E-state index in [0.29, 0.717) is 0 Å². The van der Waals surface area contributed by atoms with Crippen molar-refractivity contribution < 1.29 is 9.53 Å². The van der Waals surface area contributed by atoms with E-state index in [2.05, 4.69) is 26.8 Å². The maximum Gasteiger partial charge on any atom is 0.129 e. The zero-order chi connectivity index (χ0) is 12.7. The number of carbonyl (C=O) groups excluding carboxylic acids is 1. The highest BCUT2D eigenvalue weighted by Gasteiger charge is 2.30. The Balaban J connectivity index is 2.35. The number of hydrogen-bond acceptors (Lipinski definition) is 2. The first-order chi connectivity index (χ1) is 8.09. The molecule has 17 heavy (non-hydrogen) atoms. The molecule has 0 aromatic rings. The number of ether oxygens (including phenoxy) is 1. The van der Waals surface area contributed by atoms with Crippen molar-refractivity contribution in [2.75, 3.05) is 6.61 Å². The summed E-state index contributed by atoms with van der Waals surface area (Å²) in [6, 6.07) is 0. The second kappa shape index (κ2) is 6.95. The summed E-state index contributed by atoms with van der Waals surface area (Å²) >= 11 is 0. The Morgan fingerprint density at radius 3 is 2.76 bits per heavy atom. The molecule has 1 aliphatic rings. The van der Waals surface area contributed by atoms with Gasteiger partial charge in [-0.25, -0.2) is 0 Å². The second-order valence-electron chi connectivity index (χ2n) is 5.74. The summed E-state index contributed by atoms with van der Waals surface area (Å²) in [5, 5.41) is 0. The fraction of sp³-hybridized carbons (Fsp3) is 0.800. The predicted octanol–water partition coefficient (Wildman–Crippen LogP) is 3.75. The molecule has 2 nitrogen and oxygen atoms in total. The molecule has 0 amide bonds. The van der Waals surface area contributed by atoms with Crippen molar-refractivity contribution in [3.8, 4) is 0 Å². The Morgan fingerprint density at radius 1 is 1.35 bits per heavy atom. The average molecular weight is 238 g/mol. The number of allylic oxidation sites excluding steroid dienone is 1. The van der Waals surface area contributed by atoms with E-state index in [1.807, 2.05) is 6.08 Å². The van der Waals surface area contributed by atoms with E-state index in [1.54, 1.807) is 0 Å². The fourth-order valence-electron chi connectivity index (χ4n) is 2.28. The smallest absolute Gasteiger partial charge is 0.129 e. The van der Waals surface area contributed by atoms with Gasteiger partial charge >= 0.3 is 0 Å². The van der Waals surface area contributed by atoms with Gasteiger partial charge in [-0.15, -0.1) is 0 Å². The van der Waals surface area contributed by atoms with Crippen LogP contribution in [0.25, 0.3) is 0 Å². The highest BCUT2D eigenvalue weighted by atomic mass is 16.5. The first kappa shape index (κ1) is 14.4. The second-order valence-corrected chi connectivity index (χ2v) is 5.74. The molecule has 0 heterocycles. The molecule has 0 aromatic carbocycles. The summed E-state index contributed by atoms with van der Waals surface area (Å²) in [5.74, 6) is -0.0470. The van der Waals surface area contributed by atoms with Crippen LogP contribution in [0.3, 0.4) is 0 Å². The normalized spacial score (nSPS) is 27.0. The van der Waals surface area contributed by atoms with Gasteiger partial charge in [0, 0.05) is 6.61 Å². The van der Waals surface area contributed by atoms with Crippen molar-refractivity contribution in [1.29, 1.82) is 0 Å². The molecule has 0 saturated carbocycles. The Labute approximate surface area is 105 Å². The quantitative estimate of drug-likeness (QED) is 0.383. The molecule has 2 atom stereocenters. The first-order valence-corrected chi connectivity index (χ1v) is 6.85. The fourth-order valence-corrected chi connectivity index (χ4v) is 2.28. The van der Waals surface area contributed by atoms with Crippen LogP contribution in [0, 0.1) is 11.3 Å². The van der Waals surface area contributed by atoms with Gasteiger partial charge in [-0.05, 0) is 18.3 Å². The molecule has 2 unspecified atom stereocenters. The Hall–Kier alpha value is -0.630. The molecule has 0 bridgehead atoms. The van der Waals surface area contributed by atoms with Crippen LogP contribution in [0.15, 0.2) is 12.2 Å². The number of rotatable bonds is 7. The lowest BCUT2D eigenvalue weighted by atomic mass is 9.77. The average Bonchev–Trinajstić information content (AvgIpc) is 2.28. The lowest BCUT2D eigenvalue weighted by Crippen LogP contribution is -2.33. The van der Waals surface area contributed by atoms with Gasteiger partial charge in [-0.3, -0.25) is 0 Å². The van der Waals surface area contributed by atoms with Crippen LogP contribution in [0.2, 0.25) is 0 Å². The number of unbranched alkanes of at least 4 members (excludes halogenated alkanes) is 3. The third-order valence-corrected chi connectivity index (χ3v) is 3.41.